The fourth-order valence-electron chi connectivity index (χ4n) is 2.77. The fourth-order valence-corrected chi connectivity index (χ4v) is 2.77. The Morgan fingerprint density at radius 3 is 2.57 bits per heavy atom. The van der Waals surface area contributed by atoms with Gasteiger partial charge in [-0.3, -0.25) is 4.79 Å². The number of carbonyl (C=O) groups excluding carboxylic acids is 1. The third-order valence-electron chi connectivity index (χ3n) is 4.34. The molecule has 116 valence electrons. The minimum Gasteiger partial charge on any atom is -0.334 e. The second kappa shape index (κ2) is 6.18. The van der Waals surface area contributed by atoms with Crippen LogP contribution < -0.4 is 5.73 Å². The Kier molecular flexibility index (Phi) is 4.72. The first-order valence-corrected chi connectivity index (χ1v) is 7.98. The lowest BCUT2D eigenvalue weighted by Crippen LogP contribution is -2.26. The highest BCUT2D eigenvalue weighted by molar-refractivity contribution is 5.77. The van der Waals surface area contributed by atoms with Crippen LogP contribution in [0.15, 0.2) is 18.2 Å². The van der Waals surface area contributed by atoms with Crippen molar-refractivity contribution in [2.75, 3.05) is 0 Å². The molecule has 0 spiro atoms. The second-order valence-corrected chi connectivity index (χ2v) is 7.23. The van der Waals surface area contributed by atoms with Crippen molar-refractivity contribution in [2.45, 2.75) is 66.1 Å². The zero-order valence-corrected chi connectivity index (χ0v) is 13.8. The molecule has 1 unspecified atom stereocenters. The molecule has 1 amide bonds. The number of fused-ring (bicyclic) bond motifs is 1. The van der Waals surface area contributed by atoms with E-state index in [2.05, 4.69) is 45.9 Å². The van der Waals surface area contributed by atoms with Gasteiger partial charge >= 0.3 is 0 Å². The molecule has 3 nitrogen and oxygen atoms in total. The van der Waals surface area contributed by atoms with Gasteiger partial charge in [-0.05, 0) is 28.5 Å². The van der Waals surface area contributed by atoms with E-state index in [1.54, 1.807) is 0 Å². The predicted molar refractivity (Wildman–Crippen MR) is 86.6 cm³/mol. The van der Waals surface area contributed by atoms with Crippen LogP contribution >= 0.6 is 0 Å². The number of amides is 1. The Morgan fingerprint density at radius 2 is 1.95 bits per heavy atom. The Bertz CT molecular complexity index is 516. The molecule has 1 aromatic carbocycles. The summed E-state index contributed by atoms with van der Waals surface area (Å²) in [5.41, 5.74) is 10.1. The van der Waals surface area contributed by atoms with Gasteiger partial charge in [-0.15, -0.1) is 0 Å². The lowest BCUT2D eigenvalue weighted by Gasteiger charge is -2.27. The van der Waals surface area contributed by atoms with Gasteiger partial charge in [0, 0.05) is 25.6 Å². The molecule has 0 fully saturated rings. The molecule has 2 rings (SSSR count). The molecule has 2 N–H and O–H groups in total. The van der Waals surface area contributed by atoms with Crippen LogP contribution in [0, 0.1) is 5.41 Å². The van der Waals surface area contributed by atoms with Crippen LogP contribution in [0.4, 0.5) is 0 Å². The largest absolute Gasteiger partial charge is 0.334 e. The molecule has 0 bridgehead atoms. The molecule has 21 heavy (non-hydrogen) atoms. The van der Waals surface area contributed by atoms with Crippen molar-refractivity contribution in [3.05, 3.63) is 34.9 Å². The van der Waals surface area contributed by atoms with E-state index in [1.807, 2.05) is 4.90 Å². The van der Waals surface area contributed by atoms with E-state index in [9.17, 15) is 4.79 Å². The average Bonchev–Trinajstić information content (AvgIpc) is 2.85. The summed E-state index contributed by atoms with van der Waals surface area (Å²) in [7, 11) is 0. The zero-order chi connectivity index (χ0) is 15.6. The first kappa shape index (κ1) is 16.0. The van der Waals surface area contributed by atoms with E-state index < -0.39 is 0 Å². The topological polar surface area (TPSA) is 46.3 Å². The van der Waals surface area contributed by atoms with Crippen molar-refractivity contribution < 1.29 is 4.79 Å². The number of benzene rings is 1. The van der Waals surface area contributed by atoms with Crippen molar-refractivity contribution >= 4 is 5.91 Å². The summed E-state index contributed by atoms with van der Waals surface area (Å²) in [6, 6.07) is 6.48. The normalized spacial score (nSPS) is 16.0. The Hall–Kier alpha value is -1.35. The maximum absolute atomic E-state index is 12.2. The van der Waals surface area contributed by atoms with Crippen molar-refractivity contribution in [1.29, 1.82) is 0 Å². The van der Waals surface area contributed by atoms with Gasteiger partial charge in [0.25, 0.3) is 0 Å². The molecule has 1 atom stereocenters. The molecule has 0 saturated carbocycles. The Labute approximate surface area is 128 Å². The average molecular weight is 288 g/mol. The number of nitrogens with two attached hydrogens (primary N) is 1. The summed E-state index contributed by atoms with van der Waals surface area (Å²) in [6.07, 6.45) is 2.71. The predicted octanol–water partition coefficient (Wildman–Crippen LogP) is 3.76. The van der Waals surface area contributed by atoms with E-state index in [0.717, 1.165) is 25.9 Å². The Morgan fingerprint density at radius 1 is 1.29 bits per heavy atom. The van der Waals surface area contributed by atoms with Crippen molar-refractivity contribution in [3.8, 4) is 0 Å². The van der Waals surface area contributed by atoms with Gasteiger partial charge in [0.2, 0.25) is 5.91 Å². The summed E-state index contributed by atoms with van der Waals surface area (Å²) < 4.78 is 0. The summed E-state index contributed by atoms with van der Waals surface area (Å²) >= 11 is 0. The highest BCUT2D eigenvalue weighted by Gasteiger charge is 2.26. The summed E-state index contributed by atoms with van der Waals surface area (Å²) in [6.45, 7) is 10.1. The standard InChI is InChI=1S/C18H28N2O/c1-5-6-7-16(21)20-11-14-9-8-13(10-15(14)12-20)17(19)18(2,3)4/h8-10,17H,5-7,11-12,19H2,1-4H3. The monoisotopic (exact) mass is 288 g/mol. The van der Waals surface area contributed by atoms with Gasteiger partial charge in [-0.2, -0.15) is 0 Å². The summed E-state index contributed by atoms with van der Waals surface area (Å²) in [4.78, 5) is 14.1. The van der Waals surface area contributed by atoms with Crippen LogP contribution in [0.3, 0.4) is 0 Å². The molecule has 0 aliphatic carbocycles. The molecule has 3 heteroatoms. The number of nitrogens with zero attached hydrogens (tertiary/aromatic N) is 1. The first-order valence-electron chi connectivity index (χ1n) is 7.98. The van der Waals surface area contributed by atoms with Gasteiger partial charge in [-0.1, -0.05) is 52.3 Å². The third-order valence-corrected chi connectivity index (χ3v) is 4.34. The highest BCUT2D eigenvalue weighted by Crippen LogP contribution is 2.33. The van der Waals surface area contributed by atoms with Gasteiger partial charge in [0.15, 0.2) is 0 Å². The highest BCUT2D eigenvalue weighted by atomic mass is 16.2. The minimum absolute atomic E-state index is 0.0210. The molecule has 0 saturated heterocycles. The van der Waals surface area contributed by atoms with E-state index in [0.29, 0.717) is 6.42 Å². The summed E-state index contributed by atoms with van der Waals surface area (Å²) in [5, 5.41) is 0. The molecule has 1 aliphatic heterocycles. The van der Waals surface area contributed by atoms with Gasteiger partial charge in [-0.25, -0.2) is 0 Å². The molecular weight excluding hydrogens is 260 g/mol. The fraction of sp³-hybridized carbons (Fsp3) is 0.611. The van der Waals surface area contributed by atoms with Crippen molar-refractivity contribution in [2.24, 2.45) is 11.1 Å². The van der Waals surface area contributed by atoms with Gasteiger partial charge < -0.3 is 10.6 Å². The number of rotatable bonds is 4. The number of unbranched alkanes of at least 4 members (excludes halogenated alkanes) is 1. The molecule has 0 aromatic heterocycles. The number of hydrogen-bond acceptors (Lipinski definition) is 2. The first-order chi connectivity index (χ1) is 9.82. The lowest BCUT2D eigenvalue weighted by atomic mass is 9.82. The van der Waals surface area contributed by atoms with Crippen molar-refractivity contribution in [1.82, 2.24) is 4.90 Å². The van der Waals surface area contributed by atoms with E-state index in [4.69, 9.17) is 5.73 Å². The maximum atomic E-state index is 12.2. The lowest BCUT2D eigenvalue weighted by molar-refractivity contribution is -0.131. The minimum atomic E-state index is 0.0210. The molecule has 0 radical (unpaired) electrons. The van der Waals surface area contributed by atoms with E-state index in [-0.39, 0.29) is 17.4 Å². The SMILES string of the molecule is CCCCC(=O)N1Cc2ccc(C(N)C(C)(C)C)cc2C1. The summed E-state index contributed by atoms with van der Waals surface area (Å²) in [5.74, 6) is 0.273. The van der Waals surface area contributed by atoms with E-state index in [1.165, 1.54) is 16.7 Å². The van der Waals surface area contributed by atoms with E-state index >= 15 is 0 Å². The zero-order valence-electron chi connectivity index (χ0n) is 13.8. The molecule has 1 aromatic rings. The van der Waals surface area contributed by atoms with Crippen LogP contribution in [-0.4, -0.2) is 10.8 Å². The molecule has 1 heterocycles. The van der Waals surface area contributed by atoms with Gasteiger partial charge in [0.1, 0.15) is 0 Å². The smallest absolute Gasteiger partial charge is 0.223 e. The number of carbonyl (C=O) groups is 1. The van der Waals surface area contributed by atoms with Crippen LogP contribution in [0.2, 0.25) is 0 Å². The van der Waals surface area contributed by atoms with Crippen LogP contribution in [0.5, 0.6) is 0 Å². The van der Waals surface area contributed by atoms with Crippen LogP contribution in [0.25, 0.3) is 0 Å². The molecular formula is C18H28N2O. The maximum Gasteiger partial charge on any atom is 0.223 e. The second-order valence-electron chi connectivity index (χ2n) is 7.23. The third kappa shape index (κ3) is 3.65. The van der Waals surface area contributed by atoms with Crippen LogP contribution in [0.1, 0.15) is 69.7 Å². The van der Waals surface area contributed by atoms with Crippen molar-refractivity contribution in [3.63, 3.8) is 0 Å². The Balaban J connectivity index is 2.10. The van der Waals surface area contributed by atoms with Crippen LogP contribution in [-0.2, 0) is 17.9 Å². The molecule has 1 aliphatic rings. The quantitative estimate of drug-likeness (QED) is 0.916. The van der Waals surface area contributed by atoms with Gasteiger partial charge in [0.05, 0.1) is 0 Å². The number of hydrogen-bond donors (Lipinski definition) is 1.